The topological polar surface area (TPSA) is 12.0 Å². The van der Waals surface area contributed by atoms with E-state index in [1.807, 2.05) is 7.05 Å². The molecule has 12 heavy (non-hydrogen) atoms. The highest BCUT2D eigenvalue weighted by molar-refractivity contribution is 5.34. The molecule has 1 atom stereocenters. The zero-order valence-electron chi connectivity index (χ0n) is 7.51. The third kappa shape index (κ3) is 1.25. The van der Waals surface area contributed by atoms with Crippen molar-refractivity contribution in [1.82, 2.24) is 5.32 Å². The quantitative estimate of drug-likeness (QED) is 0.699. The number of benzene rings is 1. The van der Waals surface area contributed by atoms with Gasteiger partial charge in [-0.15, -0.1) is 0 Å². The molecule has 2 rings (SSSR count). The van der Waals surface area contributed by atoms with E-state index in [0.717, 1.165) is 12.5 Å². The fourth-order valence-electron chi connectivity index (χ4n) is 2.10. The summed E-state index contributed by atoms with van der Waals surface area (Å²) >= 11 is 0. The molecule has 1 N–H and O–H groups in total. The number of rotatable bonds is 2. The molecule has 64 valence electrons. The molecular formula is C11H15N. The predicted molar refractivity (Wildman–Crippen MR) is 51.4 cm³/mol. The fourth-order valence-corrected chi connectivity index (χ4v) is 2.10. The van der Waals surface area contributed by atoms with Crippen molar-refractivity contribution in [3.05, 3.63) is 35.4 Å². The Hall–Kier alpha value is -0.820. The monoisotopic (exact) mass is 161 g/mol. The van der Waals surface area contributed by atoms with Gasteiger partial charge in [-0.1, -0.05) is 24.3 Å². The maximum absolute atomic E-state index is 3.25. The predicted octanol–water partition coefficient (Wildman–Crippen LogP) is 1.94. The van der Waals surface area contributed by atoms with Gasteiger partial charge in [-0.3, -0.25) is 0 Å². The van der Waals surface area contributed by atoms with Crippen molar-refractivity contribution in [2.24, 2.45) is 0 Å². The van der Waals surface area contributed by atoms with Gasteiger partial charge in [0.05, 0.1) is 0 Å². The first-order chi connectivity index (χ1) is 5.92. The Balaban J connectivity index is 2.24. The molecule has 0 unspecified atom stereocenters. The van der Waals surface area contributed by atoms with Crippen molar-refractivity contribution >= 4 is 0 Å². The minimum absolute atomic E-state index is 0.756. The maximum Gasteiger partial charge on any atom is 0.00173 e. The lowest BCUT2D eigenvalue weighted by atomic mass is 10.0. The summed E-state index contributed by atoms with van der Waals surface area (Å²) in [6, 6.07) is 8.81. The van der Waals surface area contributed by atoms with E-state index in [1.54, 1.807) is 11.1 Å². The molecular weight excluding hydrogens is 146 g/mol. The SMILES string of the molecule is CNC[C@@H]1CCc2ccccc21. The summed E-state index contributed by atoms with van der Waals surface area (Å²) in [7, 11) is 2.03. The highest BCUT2D eigenvalue weighted by Gasteiger charge is 2.20. The molecule has 0 saturated heterocycles. The van der Waals surface area contributed by atoms with E-state index in [4.69, 9.17) is 0 Å². The Labute approximate surface area is 73.8 Å². The van der Waals surface area contributed by atoms with Crippen molar-refractivity contribution in [3.63, 3.8) is 0 Å². The molecule has 0 fully saturated rings. The molecule has 0 amide bonds. The van der Waals surface area contributed by atoms with Gasteiger partial charge in [-0.05, 0) is 36.9 Å². The second-order valence-corrected chi connectivity index (χ2v) is 3.49. The number of aryl methyl sites for hydroxylation is 1. The number of fused-ring (bicyclic) bond motifs is 1. The Kier molecular flexibility index (Phi) is 2.13. The zero-order chi connectivity index (χ0) is 8.39. The molecule has 1 aromatic carbocycles. The van der Waals surface area contributed by atoms with Gasteiger partial charge in [0.15, 0.2) is 0 Å². The van der Waals surface area contributed by atoms with Crippen LogP contribution in [0.1, 0.15) is 23.5 Å². The lowest BCUT2D eigenvalue weighted by Gasteiger charge is -2.09. The van der Waals surface area contributed by atoms with Crippen LogP contribution in [0.4, 0.5) is 0 Å². The van der Waals surface area contributed by atoms with Gasteiger partial charge in [-0.25, -0.2) is 0 Å². The molecule has 0 aromatic heterocycles. The van der Waals surface area contributed by atoms with E-state index < -0.39 is 0 Å². The van der Waals surface area contributed by atoms with E-state index in [1.165, 1.54) is 12.8 Å². The second-order valence-electron chi connectivity index (χ2n) is 3.49. The van der Waals surface area contributed by atoms with E-state index in [9.17, 15) is 0 Å². The average Bonchev–Trinajstić information content (AvgIpc) is 2.50. The van der Waals surface area contributed by atoms with Crippen LogP contribution < -0.4 is 5.32 Å². The van der Waals surface area contributed by atoms with Gasteiger partial charge in [0.2, 0.25) is 0 Å². The summed E-state index contributed by atoms with van der Waals surface area (Å²) < 4.78 is 0. The molecule has 0 bridgehead atoms. The average molecular weight is 161 g/mol. The van der Waals surface area contributed by atoms with E-state index in [0.29, 0.717) is 0 Å². The summed E-state index contributed by atoms with van der Waals surface area (Å²) in [6.45, 7) is 1.12. The fraction of sp³-hybridized carbons (Fsp3) is 0.455. The van der Waals surface area contributed by atoms with Crippen molar-refractivity contribution in [2.75, 3.05) is 13.6 Å². The molecule has 0 aliphatic heterocycles. The van der Waals surface area contributed by atoms with Crippen LogP contribution in [0.15, 0.2) is 24.3 Å². The Morgan fingerprint density at radius 3 is 3.08 bits per heavy atom. The summed E-state index contributed by atoms with van der Waals surface area (Å²) in [5.41, 5.74) is 3.12. The minimum Gasteiger partial charge on any atom is -0.319 e. The molecule has 1 aliphatic carbocycles. The van der Waals surface area contributed by atoms with Crippen LogP contribution in [0.2, 0.25) is 0 Å². The smallest absolute Gasteiger partial charge is 0.00173 e. The second kappa shape index (κ2) is 3.28. The third-order valence-corrected chi connectivity index (χ3v) is 2.71. The van der Waals surface area contributed by atoms with Crippen LogP contribution in [0.25, 0.3) is 0 Å². The summed E-state index contributed by atoms with van der Waals surface area (Å²) in [4.78, 5) is 0. The number of likely N-dealkylation sites (N-methyl/N-ethyl adjacent to an activating group) is 1. The molecule has 1 nitrogen and oxygen atoms in total. The van der Waals surface area contributed by atoms with Crippen molar-refractivity contribution in [2.45, 2.75) is 18.8 Å². The number of hydrogen-bond acceptors (Lipinski definition) is 1. The van der Waals surface area contributed by atoms with Crippen LogP contribution in [-0.2, 0) is 6.42 Å². The molecule has 0 radical (unpaired) electrons. The van der Waals surface area contributed by atoms with Crippen LogP contribution in [0.3, 0.4) is 0 Å². The van der Waals surface area contributed by atoms with Crippen molar-refractivity contribution < 1.29 is 0 Å². The number of nitrogens with one attached hydrogen (secondary N) is 1. The maximum atomic E-state index is 3.25. The normalized spacial score (nSPS) is 20.9. The first kappa shape index (κ1) is 7.81. The van der Waals surface area contributed by atoms with Crippen LogP contribution >= 0.6 is 0 Å². The number of hydrogen-bond donors (Lipinski definition) is 1. The molecule has 1 aliphatic rings. The van der Waals surface area contributed by atoms with Gasteiger partial charge < -0.3 is 5.32 Å². The Bertz CT molecular complexity index is 265. The minimum atomic E-state index is 0.756. The lowest BCUT2D eigenvalue weighted by Crippen LogP contribution is -2.14. The van der Waals surface area contributed by atoms with Crippen LogP contribution in [0, 0.1) is 0 Å². The van der Waals surface area contributed by atoms with Gasteiger partial charge in [0.1, 0.15) is 0 Å². The highest BCUT2D eigenvalue weighted by Crippen LogP contribution is 2.31. The zero-order valence-corrected chi connectivity index (χ0v) is 7.51. The standard InChI is InChI=1S/C11H15N/c1-12-8-10-7-6-9-4-2-3-5-11(9)10/h2-5,10,12H,6-8H2,1H3/t10-/m0/s1. The molecule has 1 heteroatoms. The molecule has 0 saturated carbocycles. The van der Waals surface area contributed by atoms with Gasteiger partial charge in [0, 0.05) is 6.54 Å². The Morgan fingerprint density at radius 2 is 2.25 bits per heavy atom. The van der Waals surface area contributed by atoms with Gasteiger partial charge >= 0.3 is 0 Å². The molecule has 0 heterocycles. The molecule has 1 aromatic rings. The first-order valence-corrected chi connectivity index (χ1v) is 4.64. The van der Waals surface area contributed by atoms with E-state index in [-0.39, 0.29) is 0 Å². The van der Waals surface area contributed by atoms with Crippen LogP contribution in [-0.4, -0.2) is 13.6 Å². The van der Waals surface area contributed by atoms with Gasteiger partial charge in [0.25, 0.3) is 0 Å². The Morgan fingerprint density at radius 1 is 1.42 bits per heavy atom. The van der Waals surface area contributed by atoms with E-state index >= 15 is 0 Å². The van der Waals surface area contributed by atoms with Crippen molar-refractivity contribution in [1.29, 1.82) is 0 Å². The van der Waals surface area contributed by atoms with E-state index in [2.05, 4.69) is 29.6 Å². The first-order valence-electron chi connectivity index (χ1n) is 4.64. The van der Waals surface area contributed by atoms with Crippen molar-refractivity contribution in [3.8, 4) is 0 Å². The third-order valence-electron chi connectivity index (χ3n) is 2.71. The van der Waals surface area contributed by atoms with Crippen LogP contribution in [0.5, 0.6) is 0 Å². The lowest BCUT2D eigenvalue weighted by molar-refractivity contribution is 0.623. The molecule has 0 spiro atoms. The largest absolute Gasteiger partial charge is 0.319 e. The summed E-state index contributed by atoms with van der Waals surface area (Å²) in [5.74, 6) is 0.756. The summed E-state index contributed by atoms with van der Waals surface area (Å²) in [5, 5.41) is 3.25. The highest BCUT2D eigenvalue weighted by atomic mass is 14.8. The summed E-state index contributed by atoms with van der Waals surface area (Å²) in [6.07, 6.45) is 2.59. The van der Waals surface area contributed by atoms with Gasteiger partial charge in [-0.2, -0.15) is 0 Å².